The maximum Gasteiger partial charge on any atom is 0.0893 e. The minimum atomic E-state index is -0.138. The van der Waals surface area contributed by atoms with E-state index in [2.05, 4.69) is 74.3 Å². The second-order valence-electron chi connectivity index (χ2n) is 4.54. The maximum absolute atomic E-state index is 5.72. The van der Waals surface area contributed by atoms with Crippen molar-refractivity contribution in [2.24, 2.45) is 5.84 Å². The van der Waals surface area contributed by atoms with Crippen LogP contribution >= 0.6 is 31.9 Å². The van der Waals surface area contributed by atoms with Crippen LogP contribution in [0.3, 0.4) is 0 Å². The van der Waals surface area contributed by atoms with Gasteiger partial charge in [0.15, 0.2) is 0 Å². The molecule has 1 aromatic heterocycles. The number of pyridine rings is 1. The predicted molar refractivity (Wildman–Crippen MR) is 84.7 cm³/mol. The van der Waals surface area contributed by atoms with Crippen molar-refractivity contribution in [3.05, 3.63) is 61.8 Å². The van der Waals surface area contributed by atoms with Gasteiger partial charge in [-0.3, -0.25) is 10.8 Å². The Labute approximate surface area is 129 Å². The molecule has 0 saturated heterocycles. The van der Waals surface area contributed by atoms with Crippen LogP contribution in [-0.2, 0) is 0 Å². The minimum Gasteiger partial charge on any atom is -0.271 e. The lowest BCUT2D eigenvalue weighted by Gasteiger charge is -2.18. The molecule has 0 spiro atoms. The molecule has 1 aromatic carbocycles. The number of nitrogens with two attached hydrogens (primary N) is 1. The summed E-state index contributed by atoms with van der Waals surface area (Å²) >= 11 is 6.94. The van der Waals surface area contributed by atoms with Gasteiger partial charge in [-0.2, -0.15) is 0 Å². The summed E-state index contributed by atoms with van der Waals surface area (Å²) in [6, 6.07) is 8.21. The molecule has 0 aliphatic rings. The van der Waals surface area contributed by atoms with Gasteiger partial charge in [-0.15, -0.1) is 0 Å². The third kappa shape index (κ3) is 3.42. The largest absolute Gasteiger partial charge is 0.271 e. The van der Waals surface area contributed by atoms with Gasteiger partial charge < -0.3 is 0 Å². The number of hydrogen-bond acceptors (Lipinski definition) is 3. The van der Waals surface area contributed by atoms with Crippen LogP contribution in [0.25, 0.3) is 0 Å². The molecule has 3 N–H and O–H groups in total. The Morgan fingerprint density at radius 2 is 1.74 bits per heavy atom. The average molecular weight is 385 g/mol. The standard InChI is InChI=1S/C14H15Br2N3/c1-8-3-9(2)5-10(4-8)13(19-17)14-12(16)6-11(15)7-18-14/h3-7,13,19H,17H2,1-2H3. The van der Waals surface area contributed by atoms with E-state index in [0.717, 1.165) is 20.2 Å². The molecule has 100 valence electrons. The molecular weight excluding hydrogens is 370 g/mol. The normalized spacial score (nSPS) is 12.5. The van der Waals surface area contributed by atoms with Crippen molar-refractivity contribution in [3.8, 4) is 0 Å². The predicted octanol–water partition coefficient (Wildman–Crippen LogP) is 3.78. The molecule has 0 aliphatic heterocycles. The molecule has 1 unspecified atom stereocenters. The molecule has 5 heteroatoms. The van der Waals surface area contributed by atoms with Crippen molar-refractivity contribution >= 4 is 31.9 Å². The Kier molecular flexibility index (Phi) is 4.73. The van der Waals surface area contributed by atoms with Gasteiger partial charge in [0, 0.05) is 15.1 Å². The Hall–Kier alpha value is -0.750. The van der Waals surface area contributed by atoms with Gasteiger partial charge in [0.25, 0.3) is 0 Å². The van der Waals surface area contributed by atoms with E-state index in [0.29, 0.717) is 0 Å². The zero-order valence-electron chi connectivity index (χ0n) is 10.7. The minimum absolute atomic E-state index is 0.138. The van der Waals surface area contributed by atoms with Gasteiger partial charge in [0.2, 0.25) is 0 Å². The second kappa shape index (κ2) is 6.13. The van der Waals surface area contributed by atoms with Crippen molar-refractivity contribution in [3.63, 3.8) is 0 Å². The molecule has 2 rings (SSSR count). The summed E-state index contributed by atoms with van der Waals surface area (Å²) in [5.74, 6) is 5.72. The van der Waals surface area contributed by atoms with E-state index >= 15 is 0 Å². The van der Waals surface area contributed by atoms with E-state index in [-0.39, 0.29) is 6.04 Å². The molecule has 3 nitrogen and oxygen atoms in total. The number of rotatable bonds is 3. The Morgan fingerprint density at radius 3 is 2.26 bits per heavy atom. The highest BCUT2D eigenvalue weighted by atomic mass is 79.9. The SMILES string of the molecule is Cc1cc(C)cc(C(NN)c2ncc(Br)cc2Br)c1. The highest BCUT2D eigenvalue weighted by Crippen LogP contribution is 2.29. The molecule has 0 aliphatic carbocycles. The van der Waals surface area contributed by atoms with E-state index in [1.165, 1.54) is 11.1 Å². The van der Waals surface area contributed by atoms with Gasteiger partial charge >= 0.3 is 0 Å². The molecular formula is C14H15Br2N3. The lowest BCUT2D eigenvalue weighted by atomic mass is 9.99. The van der Waals surface area contributed by atoms with Crippen molar-refractivity contribution in [2.45, 2.75) is 19.9 Å². The van der Waals surface area contributed by atoms with E-state index in [9.17, 15) is 0 Å². The molecule has 19 heavy (non-hydrogen) atoms. The summed E-state index contributed by atoms with van der Waals surface area (Å²) in [5, 5.41) is 0. The molecule has 0 fully saturated rings. The monoisotopic (exact) mass is 383 g/mol. The number of halogens is 2. The van der Waals surface area contributed by atoms with E-state index in [1.54, 1.807) is 6.20 Å². The van der Waals surface area contributed by atoms with Crippen LogP contribution in [0.5, 0.6) is 0 Å². The fourth-order valence-electron chi connectivity index (χ4n) is 2.15. The number of aryl methyl sites for hydroxylation is 2. The van der Waals surface area contributed by atoms with Crippen LogP contribution in [0.1, 0.15) is 28.4 Å². The van der Waals surface area contributed by atoms with Crippen molar-refractivity contribution in [2.75, 3.05) is 0 Å². The quantitative estimate of drug-likeness (QED) is 0.625. The lowest BCUT2D eigenvalue weighted by molar-refractivity contribution is 0.617. The topological polar surface area (TPSA) is 50.9 Å². The summed E-state index contributed by atoms with van der Waals surface area (Å²) in [5.41, 5.74) is 7.24. The third-order valence-electron chi connectivity index (χ3n) is 2.85. The van der Waals surface area contributed by atoms with Gasteiger partial charge in [-0.25, -0.2) is 5.43 Å². The fraction of sp³-hybridized carbons (Fsp3) is 0.214. The van der Waals surface area contributed by atoms with Crippen molar-refractivity contribution in [1.82, 2.24) is 10.4 Å². The van der Waals surface area contributed by atoms with Crippen molar-refractivity contribution < 1.29 is 0 Å². The first kappa shape index (κ1) is 14.7. The Bertz CT molecular complexity index is 579. The zero-order valence-corrected chi connectivity index (χ0v) is 13.9. The molecule has 2 aromatic rings. The summed E-state index contributed by atoms with van der Waals surface area (Å²) in [6.45, 7) is 4.16. The number of aromatic nitrogens is 1. The molecule has 0 radical (unpaired) electrons. The zero-order chi connectivity index (χ0) is 14.0. The number of nitrogens with one attached hydrogen (secondary N) is 1. The smallest absolute Gasteiger partial charge is 0.0893 e. The number of benzene rings is 1. The van der Waals surface area contributed by atoms with Crippen LogP contribution < -0.4 is 11.3 Å². The molecule has 0 bridgehead atoms. The molecule has 0 amide bonds. The van der Waals surface area contributed by atoms with Crippen LogP contribution in [0, 0.1) is 13.8 Å². The third-order valence-corrected chi connectivity index (χ3v) is 3.92. The first-order valence-electron chi connectivity index (χ1n) is 5.86. The van der Waals surface area contributed by atoms with Crippen LogP contribution in [-0.4, -0.2) is 4.98 Å². The van der Waals surface area contributed by atoms with Crippen LogP contribution in [0.2, 0.25) is 0 Å². The van der Waals surface area contributed by atoms with Gasteiger partial charge in [-0.1, -0.05) is 29.3 Å². The van der Waals surface area contributed by atoms with E-state index in [1.807, 2.05) is 6.07 Å². The van der Waals surface area contributed by atoms with E-state index < -0.39 is 0 Å². The van der Waals surface area contributed by atoms with Gasteiger partial charge in [-0.05, 0) is 57.3 Å². The molecule has 1 heterocycles. The highest BCUT2D eigenvalue weighted by Gasteiger charge is 2.17. The number of nitrogens with zero attached hydrogens (tertiary/aromatic N) is 1. The van der Waals surface area contributed by atoms with Crippen molar-refractivity contribution in [1.29, 1.82) is 0 Å². The number of hydrogen-bond donors (Lipinski definition) is 2. The maximum atomic E-state index is 5.72. The number of hydrazine groups is 1. The van der Waals surface area contributed by atoms with Crippen LogP contribution in [0.15, 0.2) is 39.4 Å². The van der Waals surface area contributed by atoms with Gasteiger partial charge in [0.05, 0.1) is 11.7 Å². The average Bonchev–Trinajstić information content (AvgIpc) is 2.31. The van der Waals surface area contributed by atoms with Gasteiger partial charge in [0.1, 0.15) is 0 Å². The first-order valence-corrected chi connectivity index (χ1v) is 7.45. The molecule has 1 atom stereocenters. The Balaban J connectivity index is 2.49. The summed E-state index contributed by atoms with van der Waals surface area (Å²) in [4.78, 5) is 4.45. The Morgan fingerprint density at radius 1 is 1.11 bits per heavy atom. The van der Waals surface area contributed by atoms with E-state index in [4.69, 9.17) is 5.84 Å². The second-order valence-corrected chi connectivity index (χ2v) is 6.31. The lowest BCUT2D eigenvalue weighted by Crippen LogP contribution is -2.30. The summed E-state index contributed by atoms with van der Waals surface area (Å²) in [7, 11) is 0. The highest BCUT2D eigenvalue weighted by molar-refractivity contribution is 9.11. The van der Waals surface area contributed by atoms with Crippen LogP contribution in [0.4, 0.5) is 0 Å². The molecule has 0 saturated carbocycles. The summed E-state index contributed by atoms with van der Waals surface area (Å²) in [6.07, 6.45) is 1.77. The fourth-order valence-corrected chi connectivity index (χ4v) is 3.36. The summed E-state index contributed by atoms with van der Waals surface area (Å²) < 4.78 is 1.85. The first-order chi connectivity index (χ1) is 9.01.